The van der Waals surface area contributed by atoms with Crippen LogP contribution in [0, 0.1) is 0 Å². The van der Waals surface area contributed by atoms with Crippen molar-refractivity contribution in [2.24, 2.45) is 5.73 Å². The summed E-state index contributed by atoms with van der Waals surface area (Å²) in [4.78, 5) is 22.9. The molecule has 2 aliphatic rings. The van der Waals surface area contributed by atoms with Gasteiger partial charge in [0.15, 0.2) is 5.65 Å². The summed E-state index contributed by atoms with van der Waals surface area (Å²) in [5, 5.41) is 5.53. The third-order valence-electron chi connectivity index (χ3n) is 6.93. The first-order valence-corrected chi connectivity index (χ1v) is 13.0. The summed E-state index contributed by atoms with van der Waals surface area (Å²) in [5.41, 5.74) is 8.98. The molecule has 1 atom stereocenters. The summed E-state index contributed by atoms with van der Waals surface area (Å²) in [6.45, 7) is 2.70. The van der Waals surface area contributed by atoms with Crippen molar-refractivity contribution in [3.8, 4) is 5.75 Å². The van der Waals surface area contributed by atoms with Crippen LogP contribution < -0.4 is 15.4 Å². The molecule has 9 heteroatoms. The molecule has 8 nitrogen and oxygen atoms in total. The number of benzene rings is 1. The lowest BCUT2D eigenvalue weighted by Gasteiger charge is -2.35. The molecule has 2 N–H and O–H groups in total. The van der Waals surface area contributed by atoms with E-state index in [1.54, 1.807) is 12.1 Å². The van der Waals surface area contributed by atoms with Gasteiger partial charge >= 0.3 is 0 Å². The highest BCUT2D eigenvalue weighted by atomic mass is 35.5. The molecule has 1 fully saturated rings. The number of nitrogens with two attached hydrogens (primary N) is 1. The fourth-order valence-electron chi connectivity index (χ4n) is 5.05. The third kappa shape index (κ3) is 4.95. The van der Waals surface area contributed by atoms with Gasteiger partial charge in [0.25, 0.3) is 5.91 Å². The van der Waals surface area contributed by atoms with E-state index in [1.165, 1.54) is 0 Å². The van der Waals surface area contributed by atoms with Crippen molar-refractivity contribution in [1.29, 1.82) is 0 Å². The molecule has 0 radical (unpaired) electrons. The van der Waals surface area contributed by atoms with Crippen LogP contribution in [0.2, 0.25) is 5.02 Å². The van der Waals surface area contributed by atoms with Gasteiger partial charge < -0.3 is 20.3 Å². The first-order valence-electron chi connectivity index (χ1n) is 12.6. The smallest absolute Gasteiger partial charge is 0.258 e. The number of anilines is 1. The van der Waals surface area contributed by atoms with Crippen LogP contribution in [0.3, 0.4) is 0 Å². The molecule has 5 rings (SSSR count). The average Bonchev–Trinajstić information content (AvgIpc) is 3.30. The van der Waals surface area contributed by atoms with E-state index in [0.717, 1.165) is 74.3 Å². The largest absolute Gasteiger partial charge is 0.493 e. The number of piperidine rings is 1. The fourth-order valence-corrected chi connectivity index (χ4v) is 5.22. The number of hydrogen-bond donors (Lipinski definition) is 1. The van der Waals surface area contributed by atoms with Crippen LogP contribution in [0.1, 0.15) is 66.3 Å². The molecule has 0 aliphatic carbocycles. The summed E-state index contributed by atoms with van der Waals surface area (Å²) in [6.07, 6.45) is 6.39. The van der Waals surface area contributed by atoms with E-state index in [2.05, 4.69) is 18.0 Å². The molecule has 35 heavy (non-hydrogen) atoms. The molecule has 186 valence electrons. The Labute approximate surface area is 211 Å². The van der Waals surface area contributed by atoms with Gasteiger partial charge in [0.1, 0.15) is 11.6 Å². The van der Waals surface area contributed by atoms with E-state index >= 15 is 0 Å². The number of amides is 1. The molecular weight excluding hydrogens is 464 g/mol. The minimum Gasteiger partial charge on any atom is -0.493 e. The Morgan fingerprint density at radius 2 is 2.00 bits per heavy atom. The SMILES string of the molecule is CN1CCCCOc2ccc(Cl)cc2C(=O)N2CCCCC2c2cc3nc(CCCN)cc1n3n2. The molecular formula is C26H33ClN6O2. The van der Waals surface area contributed by atoms with Crippen LogP contribution in [-0.4, -0.2) is 58.7 Å². The Bertz CT molecular complexity index is 1210. The number of halogens is 1. The van der Waals surface area contributed by atoms with Gasteiger partial charge in [0, 0.05) is 43.0 Å². The topological polar surface area (TPSA) is 89.0 Å². The van der Waals surface area contributed by atoms with Crippen LogP contribution in [-0.2, 0) is 6.42 Å². The van der Waals surface area contributed by atoms with Crippen LogP contribution in [0.5, 0.6) is 5.75 Å². The van der Waals surface area contributed by atoms with E-state index in [1.807, 2.05) is 21.5 Å². The van der Waals surface area contributed by atoms with Gasteiger partial charge in [0.05, 0.1) is 23.9 Å². The summed E-state index contributed by atoms with van der Waals surface area (Å²) in [5.74, 6) is 1.54. The van der Waals surface area contributed by atoms with Gasteiger partial charge in [-0.05, 0) is 69.7 Å². The Morgan fingerprint density at radius 1 is 1.14 bits per heavy atom. The molecule has 1 unspecified atom stereocenters. The van der Waals surface area contributed by atoms with E-state index in [-0.39, 0.29) is 11.9 Å². The predicted molar refractivity (Wildman–Crippen MR) is 137 cm³/mol. The van der Waals surface area contributed by atoms with Crippen molar-refractivity contribution in [2.75, 3.05) is 38.2 Å². The molecule has 1 aromatic carbocycles. The van der Waals surface area contributed by atoms with Crippen molar-refractivity contribution >= 4 is 29.0 Å². The van der Waals surface area contributed by atoms with E-state index in [4.69, 9.17) is 32.2 Å². The predicted octanol–water partition coefficient (Wildman–Crippen LogP) is 4.25. The summed E-state index contributed by atoms with van der Waals surface area (Å²) < 4.78 is 8.02. The first kappa shape index (κ1) is 23.9. The molecule has 0 spiro atoms. The second kappa shape index (κ2) is 10.4. The van der Waals surface area contributed by atoms with Gasteiger partial charge in [-0.3, -0.25) is 4.79 Å². The van der Waals surface area contributed by atoms with Crippen LogP contribution in [0.25, 0.3) is 5.65 Å². The molecule has 1 saturated heterocycles. The lowest BCUT2D eigenvalue weighted by molar-refractivity contribution is 0.0601. The van der Waals surface area contributed by atoms with E-state index < -0.39 is 0 Å². The normalized spacial score (nSPS) is 19.2. The second-order valence-electron chi connectivity index (χ2n) is 9.46. The number of aromatic nitrogens is 3. The minimum atomic E-state index is -0.124. The number of carbonyl (C=O) groups excluding carboxylic acids is 1. The summed E-state index contributed by atoms with van der Waals surface area (Å²) in [6, 6.07) is 9.35. The molecule has 4 heterocycles. The molecule has 2 aromatic heterocycles. The van der Waals surface area contributed by atoms with Gasteiger partial charge in [0.2, 0.25) is 0 Å². The average molecular weight is 497 g/mol. The monoisotopic (exact) mass is 496 g/mol. The van der Waals surface area contributed by atoms with Crippen molar-refractivity contribution in [3.63, 3.8) is 0 Å². The van der Waals surface area contributed by atoms with Crippen LogP contribution in [0.15, 0.2) is 30.3 Å². The highest BCUT2D eigenvalue weighted by Crippen LogP contribution is 2.35. The zero-order chi connectivity index (χ0) is 24.4. The number of hydrogen-bond acceptors (Lipinski definition) is 6. The number of fused-ring (bicyclic) bond motifs is 4. The highest BCUT2D eigenvalue weighted by molar-refractivity contribution is 6.31. The van der Waals surface area contributed by atoms with E-state index in [9.17, 15) is 4.79 Å². The van der Waals surface area contributed by atoms with E-state index in [0.29, 0.717) is 36.0 Å². The van der Waals surface area contributed by atoms with Crippen molar-refractivity contribution < 1.29 is 9.53 Å². The van der Waals surface area contributed by atoms with Gasteiger partial charge in [-0.2, -0.15) is 9.61 Å². The second-order valence-corrected chi connectivity index (χ2v) is 9.90. The molecule has 1 amide bonds. The van der Waals surface area contributed by atoms with Crippen LogP contribution in [0.4, 0.5) is 5.82 Å². The maximum atomic E-state index is 13.8. The maximum Gasteiger partial charge on any atom is 0.258 e. The lowest BCUT2D eigenvalue weighted by Crippen LogP contribution is -2.39. The Kier molecular flexibility index (Phi) is 7.11. The Balaban J connectivity index is 1.61. The van der Waals surface area contributed by atoms with Crippen molar-refractivity contribution in [2.45, 2.75) is 51.0 Å². The molecule has 2 bridgehead atoms. The fraction of sp³-hybridized carbons (Fsp3) is 0.500. The zero-order valence-corrected chi connectivity index (χ0v) is 21.0. The first-order chi connectivity index (χ1) is 17.0. The third-order valence-corrected chi connectivity index (χ3v) is 7.17. The zero-order valence-electron chi connectivity index (χ0n) is 20.3. The van der Waals surface area contributed by atoms with Gasteiger partial charge in [-0.15, -0.1) is 0 Å². The van der Waals surface area contributed by atoms with Gasteiger partial charge in [-0.25, -0.2) is 4.98 Å². The molecule has 3 aromatic rings. The van der Waals surface area contributed by atoms with Crippen molar-refractivity contribution in [1.82, 2.24) is 19.5 Å². The van der Waals surface area contributed by atoms with Gasteiger partial charge in [-0.1, -0.05) is 11.6 Å². The number of carbonyl (C=O) groups is 1. The highest BCUT2D eigenvalue weighted by Gasteiger charge is 2.32. The number of aryl methyl sites for hydroxylation is 1. The Morgan fingerprint density at radius 3 is 2.86 bits per heavy atom. The summed E-state index contributed by atoms with van der Waals surface area (Å²) in [7, 11) is 2.09. The number of nitrogens with zero attached hydrogens (tertiary/aromatic N) is 5. The quantitative estimate of drug-likeness (QED) is 0.583. The Hall–Kier alpha value is -2.84. The minimum absolute atomic E-state index is 0.0620. The van der Waals surface area contributed by atoms with Crippen molar-refractivity contribution in [3.05, 3.63) is 52.3 Å². The molecule has 2 aliphatic heterocycles. The standard InChI is InChI=1S/C26H33ClN6O2/c1-31-12-4-5-14-35-23-10-9-18(27)15-20(23)26(34)32-13-3-2-8-22(32)21-17-24-29-19(7-6-11-28)16-25(31)33(24)30-21/h9-10,15-17,22H,2-8,11-14,28H2,1H3. The molecule has 0 saturated carbocycles. The van der Waals surface area contributed by atoms with Crippen LogP contribution >= 0.6 is 11.6 Å². The lowest BCUT2D eigenvalue weighted by atomic mass is 9.98. The summed E-state index contributed by atoms with van der Waals surface area (Å²) >= 11 is 6.30. The maximum absolute atomic E-state index is 13.8. The number of ether oxygens (including phenoxy) is 1. The number of rotatable bonds is 3.